The molecule has 0 fully saturated rings. The third kappa shape index (κ3) is 3.25. The van der Waals surface area contributed by atoms with Crippen molar-refractivity contribution in [2.75, 3.05) is 7.11 Å². The summed E-state index contributed by atoms with van der Waals surface area (Å²) in [7, 11) is 1.56. The molecule has 2 aromatic carbocycles. The van der Waals surface area contributed by atoms with Crippen LogP contribution in [0.3, 0.4) is 0 Å². The van der Waals surface area contributed by atoms with Crippen molar-refractivity contribution < 1.29 is 4.74 Å². The highest BCUT2D eigenvalue weighted by Crippen LogP contribution is 2.42. The smallest absolute Gasteiger partial charge is 0.138 e. The van der Waals surface area contributed by atoms with Crippen LogP contribution >= 0.6 is 50.7 Å². The number of benzene rings is 2. The number of hydrogen-bond acceptors (Lipinski definition) is 1. The standard InChI is InChI=1S/C15H12BrCl3O/c1-8-3-4-9(11(17)5-8)15(16)10-6-13(19)14(20-2)7-12(10)18/h3-7,15H,1-2H3. The van der Waals surface area contributed by atoms with E-state index in [0.29, 0.717) is 20.8 Å². The maximum atomic E-state index is 6.30. The average molecular weight is 395 g/mol. The number of methoxy groups -OCH3 is 1. The summed E-state index contributed by atoms with van der Waals surface area (Å²) in [6.45, 7) is 2.00. The molecule has 0 aliphatic carbocycles. The predicted octanol–water partition coefficient (Wildman–Crippen LogP) is 6.45. The fourth-order valence-electron chi connectivity index (χ4n) is 1.90. The quantitative estimate of drug-likeness (QED) is 0.544. The highest BCUT2D eigenvalue weighted by Gasteiger charge is 2.19. The zero-order valence-corrected chi connectivity index (χ0v) is 14.7. The Bertz CT molecular complexity index is 643. The largest absolute Gasteiger partial charge is 0.495 e. The van der Waals surface area contributed by atoms with Gasteiger partial charge in [-0.1, -0.05) is 62.9 Å². The molecule has 0 radical (unpaired) electrons. The first-order chi connectivity index (χ1) is 9.43. The predicted molar refractivity (Wildman–Crippen MR) is 90.0 cm³/mol. The Kier molecular flexibility index (Phi) is 5.25. The topological polar surface area (TPSA) is 9.23 Å². The van der Waals surface area contributed by atoms with E-state index in [-0.39, 0.29) is 4.83 Å². The van der Waals surface area contributed by atoms with Crippen molar-refractivity contribution in [2.24, 2.45) is 0 Å². The normalized spacial score (nSPS) is 12.3. The Hall–Kier alpha value is -0.410. The molecule has 0 spiro atoms. The van der Waals surface area contributed by atoms with E-state index in [4.69, 9.17) is 39.5 Å². The van der Waals surface area contributed by atoms with Crippen molar-refractivity contribution in [1.29, 1.82) is 0 Å². The fourth-order valence-corrected chi connectivity index (χ4v) is 3.80. The minimum absolute atomic E-state index is 0.133. The van der Waals surface area contributed by atoms with Crippen molar-refractivity contribution in [3.8, 4) is 5.75 Å². The van der Waals surface area contributed by atoms with Crippen molar-refractivity contribution >= 4 is 50.7 Å². The highest BCUT2D eigenvalue weighted by atomic mass is 79.9. The summed E-state index contributed by atoms with van der Waals surface area (Å²) in [5.41, 5.74) is 2.90. The molecule has 0 saturated carbocycles. The molecule has 1 nitrogen and oxygen atoms in total. The van der Waals surface area contributed by atoms with Crippen LogP contribution in [0.2, 0.25) is 15.1 Å². The zero-order valence-electron chi connectivity index (χ0n) is 10.9. The van der Waals surface area contributed by atoms with Gasteiger partial charge in [0.2, 0.25) is 0 Å². The second-order valence-electron chi connectivity index (χ2n) is 4.40. The van der Waals surface area contributed by atoms with Crippen LogP contribution < -0.4 is 4.74 Å². The molecule has 0 N–H and O–H groups in total. The molecule has 0 aliphatic heterocycles. The molecule has 2 rings (SSSR count). The van der Waals surface area contributed by atoms with Gasteiger partial charge in [0.25, 0.3) is 0 Å². The minimum Gasteiger partial charge on any atom is -0.495 e. The molecule has 20 heavy (non-hydrogen) atoms. The first kappa shape index (κ1) is 16.0. The molecule has 0 bridgehead atoms. The molecular weight excluding hydrogens is 382 g/mol. The number of ether oxygens (including phenoxy) is 1. The Morgan fingerprint density at radius 1 is 0.950 bits per heavy atom. The van der Waals surface area contributed by atoms with E-state index < -0.39 is 0 Å². The summed E-state index contributed by atoms with van der Waals surface area (Å²) in [5.74, 6) is 0.551. The maximum Gasteiger partial charge on any atom is 0.138 e. The van der Waals surface area contributed by atoms with E-state index in [1.165, 1.54) is 0 Å². The third-order valence-corrected chi connectivity index (χ3v) is 4.91. The van der Waals surface area contributed by atoms with Gasteiger partial charge in [-0.25, -0.2) is 0 Å². The van der Waals surface area contributed by atoms with E-state index in [1.54, 1.807) is 19.2 Å². The molecular formula is C15H12BrCl3O. The van der Waals surface area contributed by atoms with E-state index in [1.807, 2.05) is 25.1 Å². The number of rotatable bonds is 3. The van der Waals surface area contributed by atoms with Gasteiger partial charge in [0.05, 0.1) is 17.0 Å². The Balaban J connectivity index is 2.48. The van der Waals surface area contributed by atoms with Gasteiger partial charge in [0.15, 0.2) is 0 Å². The van der Waals surface area contributed by atoms with Crippen LogP contribution in [-0.2, 0) is 0 Å². The lowest BCUT2D eigenvalue weighted by Gasteiger charge is -2.16. The van der Waals surface area contributed by atoms with Crippen LogP contribution in [0.25, 0.3) is 0 Å². The molecule has 0 heterocycles. The molecule has 0 saturated heterocycles. The van der Waals surface area contributed by atoms with Crippen molar-refractivity contribution in [1.82, 2.24) is 0 Å². The van der Waals surface area contributed by atoms with Gasteiger partial charge in [-0.2, -0.15) is 0 Å². The monoisotopic (exact) mass is 392 g/mol. The van der Waals surface area contributed by atoms with E-state index in [9.17, 15) is 0 Å². The van der Waals surface area contributed by atoms with Gasteiger partial charge in [-0.15, -0.1) is 0 Å². The number of aryl methyl sites for hydroxylation is 1. The third-order valence-electron chi connectivity index (χ3n) is 2.97. The van der Waals surface area contributed by atoms with Gasteiger partial charge < -0.3 is 4.74 Å². The number of alkyl halides is 1. The molecule has 2 aromatic rings. The summed E-state index contributed by atoms with van der Waals surface area (Å²) < 4.78 is 5.15. The van der Waals surface area contributed by atoms with E-state index in [0.717, 1.165) is 16.7 Å². The SMILES string of the molecule is COc1cc(Cl)c(C(Br)c2ccc(C)cc2Cl)cc1Cl. The molecule has 1 unspecified atom stereocenters. The van der Waals surface area contributed by atoms with Crippen LogP contribution in [0.5, 0.6) is 5.75 Å². The lowest BCUT2D eigenvalue weighted by atomic mass is 10.0. The fraction of sp³-hybridized carbons (Fsp3) is 0.200. The summed E-state index contributed by atoms with van der Waals surface area (Å²) in [5, 5.41) is 1.78. The number of hydrogen-bond donors (Lipinski definition) is 0. The zero-order chi connectivity index (χ0) is 14.9. The van der Waals surface area contributed by atoms with Crippen molar-refractivity contribution in [3.63, 3.8) is 0 Å². The first-order valence-electron chi connectivity index (χ1n) is 5.87. The van der Waals surface area contributed by atoms with Gasteiger partial charge in [0.1, 0.15) is 5.75 Å². The van der Waals surface area contributed by atoms with E-state index in [2.05, 4.69) is 15.9 Å². The van der Waals surface area contributed by atoms with Crippen LogP contribution in [0.1, 0.15) is 21.5 Å². The lowest BCUT2D eigenvalue weighted by Crippen LogP contribution is -1.97. The molecule has 0 aliphatic rings. The van der Waals surface area contributed by atoms with Gasteiger partial charge in [-0.3, -0.25) is 0 Å². The Labute approximate surface area is 141 Å². The maximum absolute atomic E-state index is 6.30. The van der Waals surface area contributed by atoms with Crippen LogP contribution in [0.15, 0.2) is 30.3 Å². The summed E-state index contributed by atoms with van der Waals surface area (Å²) in [6.07, 6.45) is 0. The van der Waals surface area contributed by atoms with Crippen LogP contribution in [0, 0.1) is 6.92 Å². The summed E-state index contributed by atoms with van der Waals surface area (Å²) in [4.78, 5) is -0.133. The van der Waals surface area contributed by atoms with Crippen molar-refractivity contribution in [3.05, 3.63) is 62.1 Å². The molecule has 0 aromatic heterocycles. The van der Waals surface area contributed by atoms with Gasteiger partial charge in [0, 0.05) is 16.1 Å². The lowest BCUT2D eigenvalue weighted by molar-refractivity contribution is 0.415. The Morgan fingerprint density at radius 2 is 1.60 bits per heavy atom. The minimum atomic E-state index is -0.133. The van der Waals surface area contributed by atoms with Crippen LogP contribution in [0.4, 0.5) is 0 Å². The molecule has 5 heteroatoms. The van der Waals surface area contributed by atoms with Gasteiger partial charge in [-0.05, 0) is 35.7 Å². The van der Waals surface area contributed by atoms with Gasteiger partial charge >= 0.3 is 0 Å². The Morgan fingerprint density at radius 3 is 2.20 bits per heavy atom. The molecule has 0 amide bonds. The summed E-state index contributed by atoms with van der Waals surface area (Å²) >= 11 is 22.4. The first-order valence-corrected chi connectivity index (χ1v) is 7.92. The molecule has 1 atom stereocenters. The van der Waals surface area contributed by atoms with E-state index >= 15 is 0 Å². The average Bonchev–Trinajstić information content (AvgIpc) is 2.40. The van der Waals surface area contributed by atoms with Crippen molar-refractivity contribution in [2.45, 2.75) is 11.8 Å². The highest BCUT2D eigenvalue weighted by molar-refractivity contribution is 9.09. The van der Waals surface area contributed by atoms with Crippen LogP contribution in [-0.4, -0.2) is 7.11 Å². The molecule has 106 valence electrons. The second kappa shape index (κ2) is 6.57. The second-order valence-corrected chi connectivity index (χ2v) is 6.53. The summed E-state index contributed by atoms with van der Waals surface area (Å²) in [6, 6.07) is 9.40. The number of halogens is 4.